The summed E-state index contributed by atoms with van der Waals surface area (Å²) in [6, 6.07) is 37.7. The molecule has 5 heterocycles. The van der Waals surface area contributed by atoms with E-state index in [4.69, 9.17) is 20.9 Å². The molecule has 0 spiro atoms. The molecular weight excluding hydrogens is 817 g/mol. The van der Waals surface area contributed by atoms with E-state index < -0.39 is 27.4 Å². The van der Waals surface area contributed by atoms with E-state index >= 15 is 0 Å². The molecule has 0 saturated heterocycles. The third-order valence-corrected chi connectivity index (χ3v) is 8.49. The minimum absolute atomic E-state index is 0. The Labute approximate surface area is 333 Å². The van der Waals surface area contributed by atoms with Crippen molar-refractivity contribution in [2.45, 2.75) is 27.4 Å². The van der Waals surface area contributed by atoms with Gasteiger partial charge in [-0.2, -0.15) is 0 Å². The van der Waals surface area contributed by atoms with Gasteiger partial charge in [0.25, 0.3) is 0 Å². The number of pyridine rings is 4. The van der Waals surface area contributed by atoms with E-state index in [0.717, 1.165) is 27.3 Å². The van der Waals surface area contributed by atoms with Gasteiger partial charge < -0.3 is 14.4 Å². The second kappa shape index (κ2) is 14.8. The number of aromatic nitrogens is 4. The van der Waals surface area contributed by atoms with E-state index in [9.17, 15) is 0 Å². The van der Waals surface area contributed by atoms with Crippen LogP contribution in [0.15, 0.2) is 138 Å². The molecule has 0 aliphatic rings. The normalized spacial score (nSPS) is 15.3. The summed E-state index contributed by atoms with van der Waals surface area (Å²) in [7, 11) is 0. The van der Waals surface area contributed by atoms with Gasteiger partial charge in [0.2, 0.25) is 5.71 Å². The molecule has 4 aromatic carbocycles. The van der Waals surface area contributed by atoms with Crippen LogP contribution in [0.2, 0.25) is 0 Å². The first kappa shape index (κ1) is 22.9. The van der Waals surface area contributed by atoms with Crippen LogP contribution in [-0.4, -0.2) is 19.9 Å². The Bertz CT molecular complexity index is 3130. The monoisotopic (exact) mass is 863 g/mol. The Kier molecular flexibility index (Phi) is 6.52. The predicted molar refractivity (Wildman–Crippen MR) is 207 cm³/mol. The zero-order valence-corrected chi connectivity index (χ0v) is 29.6. The third kappa shape index (κ3) is 6.91. The topological polar surface area (TPSA) is 64.7 Å². The van der Waals surface area contributed by atoms with Crippen LogP contribution < -0.4 is 0 Å². The first-order chi connectivity index (χ1) is 29.8. The van der Waals surface area contributed by atoms with Crippen molar-refractivity contribution in [3.05, 3.63) is 168 Å². The van der Waals surface area contributed by atoms with Crippen molar-refractivity contribution in [1.82, 2.24) is 19.9 Å². The summed E-state index contributed by atoms with van der Waals surface area (Å²) in [6.07, 6.45) is 6.13. The Morgan fingerprint density at radius 2 is 1.54 bits per heavy atom. The van der Waals surface area contributed by atoms with E-state index in [1.807, 2.05) is 60.7 Å². The minimum atomic E-state index is -2.38. The van der Waals surface area contributed by atoms with Crippen LogP contribution in [0.5, 0.6) is 0 Å². The van der Waals surface area contributed by atoms with Gasteiger partial charge in [-0.25, -0.2) is 4.98 Å². The van der Waals surface area contributed by atoms with Crippen molar-refractivity contribution < 1.29 is 41.0 Å². The maximum absolute atomic E-state index is 8.08. The summed E-state index contributed by atoms with van der Waals surface area (Å²) in [4.78, 5) is 17.0. The summed E-state index contributed by atoms with van der Waals surface area (Å²) in [6.45, 7) is -9.22. The Hall–Kier alpha value is -5.81. The van der Waals surface area contributed by atoms with Crippen LogP contribution in [-0.2, 0) is 20.1 Å². The number of hydrogen-bond acceptors (Lipinski definition) is 5. The van der Waals surface area contributed by atoms with Gasteiger partial charge in [-0.15, -0.1) is 47.5 Å². The Morgan fingerprint density at radius 3 is 2.37 bits per heavy atom. The van der Waals surface area contributed by atoms with Crippen LogP contribution in [0.1, 0.15) is 38.8 Å². The average Bonchev–Trinajstić information content (AvgIpc) is 3.64. The first-order valence-corrected chi connectivity index (χ1v) is 15.9. The fraction of sp³-hybridized carbons (Fsp3) is 0.0870. The number of fused-ring (bicyclic) bond motifs is 4. The van der Waals surface area contributed by atoms with Crippen LogP contribution in [0.25, 0.3) is 77.6 Å². The number of benzene rings is 4. The molecule has 9 aromatic rings. The molecule has 0 unspecified atom stereocenters. The van der Waals surface area contributed by atoms with Crippen molar-refractivity contribution in [3.8, 4) is 44.8 Å². The fourth-order valence-electron chi connectivity index (χ4n) is 5.94. The zero-order valence-electron chi connectivity index (χ0n) is 39.2. The predicted octanol–water partition coefficient (Wildman–Crippen LogP) is 11.5. The second-order valence-corrected chi connectivity index (χ2v) is 11.8. The van der Waals surface area contributed by atoms with E-state index in [-0.39, 0.29) is 48.2 Å². The smallest absolute Gasteiger partial charge is 0.216 e. The number of aryl methyl sites for hydroxylation is 4. The average molecular weight is 863 g/mol. The van der Waals surface area contributed by atoms with Crippen LogP contribution >= 0.6 is 0 Å². The van der Waals surface area contributed by atoms with E-state index in [1.54, 1.807) is 42.7 Å². The second-order valence-electron chi connectivity index (χ2n) is 11.8. The maximum Gasteiger partial charge on any atom is 0.216 e. The molecule has 5 aromatic heterocycles. The molecule has 6 heteroatoms. The van der Waals surface area contributed by atoms with Gasteiger partial charge in [-0.1, -0.05) is 84.0 Å². The molecule has 255 valence electrons. The van der Waals surface area contributed by atoms with E-state index in [1.165, 1.54) is 30.6 Å². The van der Waals surface area contributed by atoms with E-state index in [2.05, 4.69) is 32.1 Å². The fourth-order valence-corrected chi connectivity index (χ4v) is 5.94. The summed E-state index contributed by atoms with van der Waals surface area (Å²) in [5.74, 6) is 0. The summed E-state index contributed by atoms with van der Waals surface area (Å²) < 4.78 is 98.8. The van der Waals surface area contributed by atoms with Gasteiger partial charge in [0.1, 0.15) is 0 Å². The quantitative estimate of drug-likeness (QED) is 0.165. The van der Waals surface area contributed by atoms with E-state index in [0.29, 0.717) is 44.6 Å². The molecule has 0 fully saturated rings. The number of nitrogens with zero attached hydrogens (tertiary/aromatic N) is 4. The Morgan fingerprint density at radius 1 is 0.654 bits per heavy atom. The number of rotatable bonds is 4. The van der Waals surface area contributed by atoms with Crippen molar-refractivity contribution >= 4 is 32.8 Å². The SMILES string of the molecule is [2H]C([2H])([2H])c1ccc(-c2[c-]cc(C([2H])([2H])[2H])c(-c3ccccc3)c2)nc1.[2H]C([2H])([2H])c1ccc2c(n1)oc1c(-c3cc(-c4ccc5cnccc5c4)c(C([2H])([2H])[2H])cn3)[c-]ccc12.[Ir]. The van der Waals surface area contributed by atoms with Crippen molar-refractivity contribution in [2.24, 2.45) is 0 Å². The van der Waals surface area contributed by atoms with Crippen LogP contribution in [0.3, 0.4) is 0 Å². The maximum atomic E-state index is 8.08. The summed E-state index contributed by atoms with van der Waals surface area (Å²) in [5.41, 5.74) is 5.84. The van der Waals surface area contributed by atoms with Gasteiger partial charge in [0.05, 0.1) is 5.58 Å². The van der Waals surface area contributed by atoms with Crippen molar-refractivity contribution in [3.63, 3.8) is 0 Å². The van der Waals surface area contributed by atoms with Gasteiger partial charge in [-0.3, -0.25) is 4.98 Å². The molecule has 0 aliphatic carbocycles. The zero-order chi connectivity index (χ0) is 44.9. The van der Waals surface area contributed by atoms with Crippen molar-refractivity contribution in [1.29, 1.82) is 0 Å². The van der Waals surface area contributed by atoms with Crippen LogP contribution in [0, 0.1) is 39.5 Å². The summed E-state index contributed by atoms with van der Waals surface area (Å²) >= 11 is 0. The molecule has 1 radical (unpaired) electrons. The third-order valence-electron chi connectivity index (χ3n) is 8.49. The molecule has 5 nitrogen and oxygen atoms in total. The molecule has 0 atom stereocenters. The van der Waals surface area contributed by atoms with Gasteiger partial charge in [0.15, 0.2) is 0 Å². The molecule has 9 rings (SSSR count). The largest absolute Gasteiger partial charge is 0.486 e. The molecular formula is C46H34IrN4O-2. The molecule has 0 aliphatic heterocycles. The first-order valence-electron chi connectivity index (χ1n) is 21.9. The minimum Gasteiger partial charge on any atom is -0.486 e. The number of furan rings is 1. The number of hydrogen-bond donors (Lipinski definition) is 0. The van der Waals surface area contributed by atoms with Crippen LogP contribution in [0.4, 0.5) is 0 Å². The Balaban J connectivity index is 0.000000201. The van der Waals surface area contributed by atoms with Gasteiger partial charge in [-0.05, 0) is 89.4 Å². The van der Waals surface area contributed by atoms with Crippen molar-refractivity contribution in [2.75, 3.05) is 0 Å². The molecule has 0 bridgehead atoms. The molecule has 0 amide bonds. The summed E-state index contributed by atoms with van der Waals surface area (Å²) in [5, 5.41) is 3.28. The molecule has 0 N–H and O–H groups in total. The standard InChI is InChI=1S/C27H18N3O.C19H16N.Ir/c1-16-14-29-25(13-24(16)19-7-8-20-15-28-11-10-18(20)12-19)23-5-3-4-21-22-9-6-17(2)30-27(22)31-26(21)23;1-14-8-11-19(20-13-14)17-10-9-15(2)18(12-17)16-6-4-3-5-7-16;/h3-4,6-15H,1-2H3;3-9,11-13H,1-2H3;/q2*-1;/i2*1D3,2D3;. The van der Waals surface area contributed by atoms with Gasteiger partial charge >= 0.3 is 0 Å². The molecule has 52 heavy (non-hydrogen) atoms. The van der Waals surface area contributed by atoms with Gasteiger partial charge in [0, 0.05) is 77.8 Å². The molecule has 0 saturated carbocycles.